The van der Waals surface area contributed by atoms with Crippen LogP contribution in [0.1, 0.15) is 0 Å². The van der Waals surface area contributed by atoms with Crippen molar-refractivity contribution in [2.75, 3.05) is 31.3 Å². The van der Waals surface area contributed by atoms with E-state index >= 15 is 0 Å². The predicted molar refractivity (Wildman–Crippen MR) is 108 cm³/mol. The fraction of sp³-hybridized carbons (Fsp3) is 0.150. The summed E-state index contributed by atoms with van der Waals surface area (Å²) in [5, 5.41) is 7.87. The SMILES string of the molecule is CN(C)S(=O)(=O)c1cccc(NCC(=O)Nc2cccc3ccccc23)c1. The average molecular weight is 383 g/mol. The van der Waals surface area contributed by atoms with Crippen LogP contribution in [-0.2, 0) is 14.8 Å². The summed E-state index contributed by atoms with van der Waals surface area (Å²) >= 11 is 0. The van der Waals surface area contributed by atoms with E-state index in [1.54, 1.807) is 12.1 Å². The van der Waals surface area contributed by atoms with Gasteiger partial charge in [0.05, 0.1) is 11.4 Å². The van der Waals surface area contributed by atoms with E-state index in [0.717, 1.165) is 20.8 Å². The lowest BCUT2D eigenvalue weighted by Gasteiger charge is -2.13. The van der Waals surface area contributed by atoms with E-state index in [1.165, 1.54) is 26.2 Å². The molecule has 0 aliphatic carbocycles. The number of fused-ring (bicyclic) bond motifs is 1. The molecule has 0 saturated heterocycles. The number of amides is 1. The first-order valence-corrected chi connectivity index (χ1v) is 9.86. The summed E-state index contributed by atoms with van der Waals surface area (Å²) in [5.74, 6) is -0.216. The van der Waals surface area contributed by atoms with Gasteiger partial charge in [0, 0.05) is 30.9 Å². The molecular weight excluding hydrogens is 362 g/mol. The second-order valence-electron chi connectivity index (χ2n) is 6.24. The van der Waals surface area contributed by atoms with Crippen LogP contribution in [-0.4, -0.2) is 39.3 Å². The highest BCUT2D eigenvalue weighted by atomic mass is 32.2. The van der Waals surface area contributed by atoms with E-state index < -0.39 is 10.0 Å². The van der Waals surface area contributed by atoms with Gasteiger partial charge in [-0.2, -0.15) is 0 Å². The maximum atomic E-state index is 12.3. The molecule has 3 aromatic carbocycles. The summed E-state index contributed by atoms with van der Waals surface area (Å²) in [4.78, 5) is 12.5. The molecule has 0 atom stereocenters. The number of nitrogens with zero attached hydrogens (tertiary/aromatic N) is 1. The lowest BCUT2D eigenvalue weighted by Crippen LogP contribution is -2.23. The van der Waals surface area contributed by atoms with Crippen molar-refractivity contribution in [3.05, 3.63) is 66.7 Å². The maximum absolute atomic E-state index is 12.3. The van der Waals surface area contributed by atoms with Crippen LogP contribution in [0.5, 0.6) is 0 Å². The Morgan fingerprint density at radius 1 is 0.963 bits per heavy atom. The van der Waals surface area contributed by atoms with Gasteiger partial charge in [-0.05, 0) is 29.7 Å². The van der Waals surface area contributed by atoms with Gasteiger partial charge in [0.15, 0.2) is 0 Å². The molecule has 0 aliphatic heterocycles. The van der Waals surface area contributed by atoms with Gasteiger partial charge in [-0.3, -0.25) is 4.79 Å². The highest BCUT2D eigenvalue weighted by Crippen LogP contribution is 2.23. The minimum absolute atomic E-state index is 0.0225. The number of anilines is 2. The molecule has 1 amide bonds. The molecule has 3 aromatic rings. The van der Waals surface area contributed by atoms with Crippen molar-refractivity contribution >= 4 is 38.1 Å². The van der Waals surface area contributed by atoms with Crippen LogP contribution in [0.2, 0.25) is 0 Å². The molecule has 2 N–H and O–H groups in total. The Morgan fingerprint density at radius 2 is 1.67 bits per heavy atom. The molecule has 0 aliphatic rings. The smallest absolute Gasteiger partial charge is 0.243 e. The summed E-state index contributed by atoms with van der Waals surface area (Å²) < 4.78 is 25.6. The third-order valence-electron chi connectivity index (χ3n) is 4.13. The monoisotopic (exact) mass is 383 g/mol. The molecule has 27 heavy (non-hydrogen) atoms. The van der Waals surface area contributed by atoms with Gasteiger partial charge >= 0.3 is 0 Å². The fourth-order valence-corrected chi connectivity index (χ4v) is 3.64. The molecule has 0 heterocycles. The molecule has 7 heteroatoms. The summed E-state index contributed by atoms with van der Waals surface area (Å²) in [5.41, 5.74) is 1.30. The molecule has 0 aromatic heterocycles. The molecule has 140 valence electrons. The van der Waals surface area contributed by atoms with Gasteiger partial charge in [-0.25, -0.2) is 12.7 Å². The van der Waals surface area contributed by atoms with Gasteiger partial charge in [-0.15, -0.1) is 0 Å². The molecule has 0 fully saturated rings. The normalized spacial score (nSPS) is 11.5. The molecular formula is C20H21N3O3S. The number of hydrogen-bond donors (Lipinski definition) is 2. The number of carbonyl (C=O) groups excluding carboxylic acids is 1. The first kappa shape index (κ1) is 18.9. The Balaban J connectivity index is 1.69. The molecule has 0 radical (unpaired) electrons. The highest BCUT2D eigenvalue weighted by molar-refractivity contribution is 7.89. The largest absolute Gasteiger partial charge is 0.376 e. The van der Waals surface area contributed by atoms with Crippen LogP contribution in [0.3, 0.4) is 0 Å². The van der Waals surface area contributed by atoms with Crippen molar-refractivity contribution in [2.45, 2.75) is 4.90 Å². The second kappa shape index (κ2) is 7.77. The number of benzene rings is 3. The van der Waals surface area contributed by atoms with Crippen LogP contribution in [0.25, 0.3) is 10.8 Å². The maximum Gasteiger partial charge on any atom is 0.243 e. The summed E-state index contributed by atoms with van der Waals surface area (Å²) in [6.07, 6.45) is 0. The van der Waals surface area contributed by atoms with E-state index in [4.69, 9.17) is 0 Å². The van der Waals surface area contributed by atoms with Crippen molar-refractivity contribution in [1.29, 1.82) is 0 Å². The molecule has 3 rings (SSSR count). The molecule has 0 unspecified atom stereocenters. The topological polar surface area (TPSA) is 78.5 Å². The lowest BCUT2D eigenvalue weighted by atomic mass is 10.1. The number of sulfonamides is 1. The Bertz CT molecular complexity index is 1070. The first-order valence-electron chi connectivity index (χ1n) is 8.42. The quantitative estimate of drug-likeness (QED) is 0.685. The average Bonchev–Trinajstić information content (AvgIpc) is 2.67. The summed E-state index contributed by atoms with van der Waals surface area (Å²) in [7, 11) is -0.560. The minimum Gasteiger partial charge on any atom is -0.376 e. The molecule has 0 saturated carbocycles. The molecule has 6 nitrogen and oxygen atoms in total. The van der Waals surface area contributed by atoms with Gasteiger partial charge in [0.25, 0.3) is 0 Å². The van der Waals surface area contributed by atoms with Gasteiger partial charge in [0.2, 0.25) is 15.9 Å². The van der Waals surface area contributed by atoms with Crippen LogP contribution < -0.4 is 10.6 Å². The van der Waals surface area contributed by atoms with Crippen molar-refractivity contribution < 1.29 is 13.2 Å². The van der Waals surface area contributed by atoms with Crippen LogP contribution in [0.15, 0.2) is 71.6 Å². The van der Waals surface area contributed by atoms with Gasteiger partial charge in [0.1, 0.15) is 0 Å². The van der Waals surface area contributed by atoms with E-state index in [9.17, 15) is 13.2 Å². The third-order valence-corrected chi connectivity index (χ3v) is 5.94. The standard InChI is InChI=1S/C20H21N3O3S/c1-23(2)27(25,26)17-10-6-9-16(13-17)21-14-20(24)22-19-12-5-8-15-7-3-4-11-18(15)19/h3-13,21H,14H2,1-2H3,(H,22,24). The van der Waals surface area contributed by atoms with E-state index in [1.807, 2.05) is 42.5 Å². The Morgan fingerprint density at radius 3 is 2.44 bits per heavy atom. The minimum atomic E-state index is -3.52. The zero-order valence-electron chi connectivity index (χ0n) is 15.1. The predicted octanol–water partition coefficient (Wildman–Crippen LogP) is 3.14. The number of hydrogen-bond acceptors (Lipinski definition) is 4. The third kappa shape index (κ3) is 4.27. The number of rotatable bonds is 6. The first-order chi connectivity index (χ1) is 12.9. The van der Waals surface area contributed by atoms with Gasteiger partial charge < -0.3 is 10.6 Å². The van der Waals surface area contributed by atoms with E-state index in [2.05, 4.69) is 10.6 Å². The Labute approximate surface area is 158 Å². The van der Waals surface area contributed by atoms with Crippen LogP contribution in [0.4, 0.5) is 11.4 Å². The van der Waals surface area contributed by atoms with Crippen LogP contribution in [0, 0.1) is 0 Å². The number of carbonyl (C=O) groups is 1. The van der Waals surface area contributed by atoms with Crippen molar-refractivity contribution in [1.82, 2.24) is 4.31 Å². The summed E-state index contributed by atoms with van der Waals surface area (Å²) in [6.45, 7) is 0.0225. The lowest BCUT2D eigenvalue weighted by molar-refractivity contribution is -0.114. The van der Waals surface area contributed by atoms with Crippen LogP contribution >= 0.6 is 0 Å². The van der Waals surface area contributed by atoms with Crippen molar-refractivity contribution in [3.8, 4) is 0 Å². The Kier molecular flexibility index (Phi) is 5.43. The molecule has 0 spiro atoms. The zero-order valence-corrected chi connectivity index (χ0v) is 16.0. The zero-order chi connectivity index (χ0) is 19.4. The number of nitrogens with one attached hydrogen (secondary N) is 2. The molecule has 0 bridgehead atoms. The fourth-order valence-electron chi connectivity index (χ4n) is 2.69. The highest BCUT2D eigenvalue weighted by Gasteiger charge is 2.17. The Hall–Kier alpha value is -2.90. The van der Waals surface area contributed by atoms with Gasteiger partial charge in [-0.1, -0.05) is 42.5 Å². The summed E-state index contributed by atoms with van der Waals surface area (Å²) in [6, 6.07) is 19.9. The van der Waals surface area contributed by atoms with E-state index in [-0.39, 0.29) is 17.3 Å². The van der Waals surface area contributed by atoms with Crippen molar-refractivity contribution in [2.24, 2.45) is 0 Å². The van der Waals surface area contributed by atoms with E-state index in [0.29, 0.717) is 5.69 Å². The second-order valence-corrected chi connectivity index (χ2v) is 8.40. The van der Waals surface area contributed by atoms with Crippen molar-refractivity contribution in [3.63, 3.8) is 0 Å².